The fourth-order valence-electron chi connectivity index (χ4n) is 3.53. The Balaban J connectivity index is 1.69. The van der Waals surface area contributed by atoms with Crippen LogP contribution in [0.4, 0.5) is 0 Å². The van der Waals surface area contributed by atoms with Crippen molar-refractivity contribution in [2.24, 2.45) is 17.3 Å². The van der Waals surface area contributed by atoms with Crippen LogP contribution in [-0.2, 0) is 9.53 Å². The molecule has 2 aromatic rings. The monoisotopic (exact) mass is 429 g/mol. The average molecular weight is 430 g/mol. The van der Waals surface area contributed by atoms with Gasteiger partial charge in [-0.05, 0) is 42.0 Å². The zero-order valence-corrected chi connectivity index (χ0v) is 17.7. The number of rotatable bonds is 6. The molecule has 0 aliphatic heterocycles. The number of hydrogen-bond donors (Lipinski definition) is 0. The fraction of sp³-hybridized carbons (Fsp3) is 0.304. The molecule has 2 aromatic carbocycles. The summed E-state index contributed by atoms with van der Waals surface area (Å²) in [5, 5.41) is 9.57. The van der Waals surface area contributed by atoms with Gasteiger partial charge in [0.1, 0.15) is 22.1 Å². The van der Waals surface area contributed by atoms with Gasteiger partial charge in [0, 0.05) is 5.56 Å². The Morgan fingerprint density at radius 2 is 1.86 bits per heavy atom. The summed E-state index contributed by atoms with van der Waals surface area (Å²) in [6.07, 6.45) is 1.33. The molecule has 1 aliphatic carbocycles. The predicted octanol–water partition coefficient (Wildman–Crippen LogP) is 6.57. The van der Waals surface area contributed by atoms with Gasteiger partial charge in [0.15, 0.2) is 0 Å². The molecule has 0 aromatic heterocycles. The highest BCUT2D eigenvalue weighted by Gasteiger charge is 2.52. The molecule has 6 heteroatoms. The van der Waals surface area contributed by atoms with Crippen molar-refractivity contribution >= 4 is 29.2 Å². The fourth-order valence-corrected chi connectivity index (χ4v) is 3.83. The van der Waals surface area contributed by atoms with Crippen LogP contribution in [0, 0.1) is 28.6 Å². The molecule has 0 radical (unpaired) electrons. The maximum atomic E-state index is 12.7. The molecule has 150 valence electrons. The zero-order valence-electron chi connectivity index (χ0n) is 16.1. The van der Waals surface area contributed by atoms with Crippen molar-refractivity contribution in [3.05, 3.63) is 70.7 Å². The lowest BCUT2D eigenvalue weighted by molar-refractivity contribution is -0.166. The molecule has 1 fully saturated rings. The van der Waals surface area contributed by atoms with Crippen LogP contribution in [0.15, 0.2) is 65.2 Å². The van der Waals surface area contributed by atoms with E-state index in [4.69, 9.17) is 32.7 Å². The van der Waals surface area contributed by atoms with Crippen LogP contribution in [0.25, 0.3) is 0 Å². The van der Waals surface area contributed by atoms with Crippen molar-refractivity contribution < 1.29 is 14.3 Å². The number of para-hydroxylation sites is 1. The third-order valence-corrected chi connectivity index (χ3v) is 5.70. The number of allylic oxidation sites excluding steroid dienone is 1. The zero-order chi connectivity index (χ0) is 21.0. The van der Waals surface area contributed by atoms with E-state index in [0.717, 1.165) is 0 Å². The second-order valence-electron chi connectivity index (χ2n) is 7.61. The Morgan fingerprint density at radius 1 is 1.17 bits per heavy atom. The van der Waals surface area contributed by atoms with Crippen molar-refractivity contribution in [3.8, 4) is 17.6 Å². The van der Waals surface area contributed by atoms with Crippen molar-refractivity contribution in [3.63, 3.8) is 0 Å². The number of nitrogens with zero attached hydrogens (tertiary/aromatic N) is 1. The average Bonchev–Trinajstić information content (AvgIpc) is 2.69. The largest absolute Gasteiger partial charge is 0.457 e. The lowest BCUT2D eigenvalue weighted by Gasteiger charge is -2.49. The number of halogens is 2. The Hall–Kier alpha value is -2.48. The molecule has 1 aliphatic rings. The number of benzene rings is 2. The van der Waals surface area contributed by atoms with Gasteiger partial charge in [0.2, 0.25) is 6.10 Å². The topological polar surface area (TPSA) is 59.3 Å². The van der Waals surface area contributed by atoms with Crippen LogP contribution >= 0.6 is 23.2 Å². The molecular weight excluding hydrogens is 409 g/mol. The third kappa shape index (κ3) is 4.93. The van der Waals surface area contributed by atoms with E-state index in [2.05, 4.69) is 6.07 Å². The summed E-state index contributed by atoms with van der Waals surface area (Å²) in [6, 6.07) is 18.4. The van der Waals surface area contributed by atoms with Crippen molar-refractivity contribution in [2.75, 3.05) is 0 Å². The quantitative estimate of drug-likeness (QED) is 0.487. The number of carbonyl (C=O) groups is 1. The van der Waals surface area contributed by atoms with E-state index in [9.17, 15) is 10.1 Å². The van der Waals surface area contributed by atoms with Gasteiger partial charge >= 0.3 is 5.97 Å². The van der Waals surface area contributed by atoms with Gasteiger partial charge in [-0.3, -0.25) is 4.79 Å². The van der Waals surface area contributed by atoms with Crippen LogP contribution in [0.3, 0.4) is 0 Å². The first-order valence-electron chi connectivity index (χ1n) is 9.27. The molecule has 4 nitrogen and oxygen atoms in total. The molecule has 3 rings (SSSR count). The molecule has 0 amide bonds. The first-order valence-corrected chi connectivity index (χ1v) is 10.0. The second-order valence-corrected chi connectivity index (χ2v) is 8.61. The minimum absolute atomic E-state index is 0.0909. The van der Waals surface area contributed by atoms with E-state index in [1.807, 2.05) is 44.2 Å². The molecule has 1 saturated carbocycles. The highest BCUT2D eigenvalue weighted by molar-refractivity contribution is 6.55. The Bertz CT molecular complexity index is 946. The highest BCUT2D eigenvalue weighted by atomic mass is 35.5. The van der Waals surface area contributed by atoms with Gasteiger partial charge < -0.3 is 9.47 Å². The summed E-state index contributed by atoms with van der Waals surface area (Å²) in [6.45, 7) is 3.94. The second kappa shape index (κ2) is 8.90. The standard InChI is InChI=1S/C23H21Cl2NO3/c1-23(2)16(13-21(24)25)12-19(23)22(27)29-20(14-26)15-7-6-10-18(11-15)28-17-8-4-3-5-9-17/h3-11,13,16,19-20H,12H2,1-2H3/t16-,19+,20?/m0/s1. The number of carbonyl (C=O) groups excluding carboxylic acids is 1. The van der Waals surface area contributed by atoms with Crippen LogP contribution in [0.2, 0.25) is 0 Å². The van der Waals surface area contributed by atoms with Gasteiger partial charge in [-0.25, -0.2) is 0 Å². The lowest BCUT2D eigenvalue weighted by Crippen LogP contribution is -2.48. The van der Waals surface area contributed by atoms with Crippen LogP contribution in [-0.4, -0.2) is 5.97 Å². The van der Waals surface area contributed by atoms with E-state index in [1.54, 1.807) is 30.3 Å². The summed E-state index contributed by atoms with van der Waals surface area (Å²) in [4.78, 5) is 12.7. The first-order chi connectivity index (χ1) is 13.8. The molecular formula is C23H21Cl2NO3. The van der Waals surface area contributed by atoms with Gasteiger partial charge in [0.25, 0.3) is 0 Å². The summed E-state index contributed by atoms with van der Waals surface area (Å²) in [5.74, 6) is 0.620. The maximum Gasteiger partial charge on any atom is 0.311 e. The Labute approximate surface area is 180 Å². The van der Waals surface area contributed by atoms with E-state index in [1.165, 1.54) is 0 Å². The number of hydrogen-bond acceptors (Lipinski definition) is 4. The Morgan fingerprint density at radius 3 is 2.48 bits per heavy atom. The van der Waals surface area contributed by atoms with Crippen LogP contribution in [0.5, 0.6) is 11.5 Å². The van der Waals surface area contributed by atoms with Crippen molar-refractivity contribution in [2.45, 2.75) is 26.4 Å². The SMILES string of the molecule is CC1(C)[C@H](C=C(Cl)Cl)C[C@@H]1C(=O)OC(C#N)c1cccc(Oc2ccccc2)c1. The molecule has 0 saturated heterocycles. The van der Waals surface area contributed by atoms with Gasteiger partial charge in [0.05, 0.1) is 5.92 Å². The third-order valence-electron chi connectivity index (χ3n) is 5.45. The van der Waals surface area contributed by atoms with E-state index in [-0.39, 0.29) is 21.7 Å². The minimum Gasteiger partial charge on any atom is -0.457 e. The molecule has 29 heavy (non-hydrogen) atoms. The summed E-state index contributed by atoms with van der Waals surface area (Å²) >= 11 is 11.5. The Kier molecular flexibility index (Phi) is 6.52. The van der Waals surface area contributed by atoms with E-state index < -0.39 is 12.1 Å². The lowest BCUT2D eigenvalue weighted by atomic mass is 9.55. The minimum atomic E-state index is -1.01. The predicted molar refractivity (Wildman–Crippen MR) is 113 cm³/mol. The van der Waals surface area contributed by atoms with Crippen LogP contribution < -0.4 is 4.74 Å². The van der Waals surface area contributed by atoms with Crippen molar-refractivity contribution in [1.29, 1.82) is 5.26 Å². The summed E-state index contributed by atoms with van der Waals surface area (Å²) < 4.78 is 11.5. The van der Waals surface area contributed by atoms with Gasteiger partial charge in [-0.15, -0.1) is 0 Å². The van der Waals surface area contributed by atoms with Gasteiger partial charge in [-0.1, -0.05) is 73.5 Å². The molecule has 1 unspecified atom stereocenters. The van der Waals surface area contributed by atoms with Crippen molar-refractivity contribution in [1.82, 2.24) is 0 Å². The summed E-state index contributed by atoms with van der Waals surface area (Å²) in [7, 11) is 0. The molecule has 0 N–H and O–H groups in total. The molecule has 0 bridgehead atoms. The molecule has 0 spiro atoms. The molecule has 3 atom stereocenters. The van der Waals surface area contributed by atoms with E-state index in [0.29, 0.717) is 23.5 Å². The molecule has 0 heterocycles. The first kappa shape index (κ1) is 21.2. The number of nitriles is 1. The normalized spacial score (nSPS) is 20.5. The van der Waals surface area contributed by atoms with E-state index >= 15 is 0 Å². The number of esters is 1. The summed E-state index contributed by atoms with van der Waals surface area (Å²) in [5.41, 5.74) is 0.219. The highest BCUT2D eigenvalue weighted by Crippen LogP contribution is 2.53. The smallest absolute Gasteiger partial charge is 0.311 e. The van der Waals surface area contributed by atoms with Crippen LogP contribution in [0.1, 0.15) is 31.9 Å². The maximum absolute atomic E-state index is 12.7. The number of ether oxygens (including phenoxy) is 2. The van der Waals surface area contributed by atoms with Gasteiger partial charge in [-0.2, -0.15) is 5.26 Å².